The molecular weight excluding hydrogens is 236 g/mol. The summed E-state index contributed by atoms with van der Waals surface area (Å²) in [7, 11) is 1.61. The first-order valence-electron chi connectivity index (χ1n) is 5.38. The van der Waals surface area contributed by atoms with E-state index in [-0.39, 0.29) is 5.91 Å². The molecule has 0 radical (unpaired) electrons. The van der Waals surface area contributed by atoms with Gasteiger partial charge in [-0.25, -0.2) is 0 Å². The molecular formula is C12H18N2O2S. The van der Waals surface area contributed by atoms with Gasteiger partial charge in [0.2, 0.25) is 5.91 Å². The summed E-state index contributed by atoms with van der Waals surface area (Å²) in [5.41, 5.74) is 7.56. The van der Waals surface area contributed by atoms with Crippen LogP contribution >= 0.6 is 11.8 Å². The number of carbonyl (C=O) groups excluding carboxylic acids is 1. The average Bonchev–Trinajstić information content (AvgIpc) is 2.31. The zero-order chi connectivity index (χ0) is 12.7. The normalized spacial score (nSPS) is 10.2. The molecule has 3 N–H and O–H groups in total. The molecule has 0 unspecified atom stereocenters. The molecule has 0 heterocycles. The Morgan fingerprint density at radius 1 is 1.53 bits per heavy atom. The highest BCUT2D eigenvalue weighted by Gasteiger charge is 2.04. The largest absolute Gasteiger partial charge is 0.399 e. The predicted octanol–water partition coefficient (Wildman–Crippen LogP) is 1.43. The number of ether oxygens (including phenoxy) is 1. The molecule has 0 saturated carbocycles. The fraction of sp³-hybridized carbons (Fsp3) is 0.417. The van der Waals surface area contributed by atoms with E-state index in [1.165, 1.54) is 11.8 Å². The Kier molecular flexibility index (Phi) is 5.86. The van der Waals surface area contributed by atoms with E-state index in [1.54, 1.807) is 7.11 Å². The van der Waals surface area contributed by atoms with Crippen molar-refractivity contribution >= 4 is 23.4 Å². The molecule has 17 heavy (non-hydrogen) atoms. The summed E-state index contributed by atoms with van der Waals surface area (Å²) in [5.74, 6) is 0.405. The van der Waals surface area contributed by atoms with Crippen molar-refractivity contribution in [3.05, 3.63) is 23.8 Å². The quantitative estimate of drug-likeness (QED) is 0.458. The van der Waals surface area contributed by atoms with E-state index in [0.717, 1.165) is 16.1 Å². The van der Waals surface area contributed by atoms with Gasteiger partial charge < -0.3 is 15.8 Å². The summed E-state index contributed by atoms with van der Waals surface area (Å²) in [5, 5.41) is 2.77. The van der Waals surface area contributed by atoms with E-state index in [2.05, 4.69) is 5.32 Å². The van der Waals surface area contributed by atoms with Crippen LogP contribution in [-0.2, 0) is 9.53 Å². The molecule has 0 aliphatic rings. The topological polar surface area (TPSA) is 64.3 Å². The lowest BCUT2D eigenvalue weighted by atomic mass is 10.2. The number of anilines is 1. The van der Waals surface area contributed by atoms with Gasteiger partial charge >= 0.3 is 0 Å². The van der Waals surface area contributed by atoms with Gasteiger partial charge in [-0.2, -0.15) is 0 Å². The van der Waals surface area contributed by atoms with Crippen LogP contribution in [-0.4, -0.2) is 31.9 Å². The van der Waals surface area contributed by atoms with Crippen LogP contribution in [0.5, 0.6) is 0 Å². The van der Waals surface area contributed by atoms with Gasteiger partial charge in [0.05, 0.1) is 12.4 Å². The molecule has 0 saturated heterocycles. The van der Waals surface area contributed by atoms with E-state index >= 15 is 0 Å². The van der Waals surface area contributed by atoms with Crippen molar-refractivity contribution in [2.45, 2.75) is 11.8 Å². The van der Waals surface area contributed by atoms with E-state index in [9.17, 15) is 4.79 Å². The van der Waals surface area contributed by atoms with Crippen LogP contribution in [0.1, 0.15) is 5.56 Å². The lowest BCUT2D eigenvalue weighted by Crippen LogP contribution is -2.28. The van der Waals surface area contributed by atoms with Crippen molar-refractivity contribution in [2.24, 2.45) is 0 Å². The highest BCUT2D eigenvalue weighted by molar-refractivity contribution is 8.00. The lowest BCUT2D eigenvalue weighted by Gasteiger charge is -2.07. The van der Waals surface area contributed by atoms with Crippen molar-refractivity contribution in [1.82, 2.24) is 5.32 Å². The molecule has 4 nitrogen and oxygen atoms in total. The number of amides is 1. The summed E-state index contributed by atoms with van der Waals surface area (Å²) in [6.07, 6.45) is 0. The zero-order valence-corrected chi connectivity index (χ0v) is 11.0. The number of hydrogen-bond donors (Lipinski definition) is 2. The molecule has 94 valence electrons. The Balaban J connectivity index is 2.39. The van der Waals surface area contributed by atoms with Gasteiger partial charge in [-0.1, -0.05) is 6.07 Å². The van der Waals surface area contributed by atoms with Gasteiger partial charge in [0.15, 0.2) is 0 Å². The van der Waals surface area contributed by atoms with E-state index in [1.807, 2.05) is 25.1 Å². The predicted molar refractivity (Wildman–Crippen MR) is 71.2 cm³/mol. The highest BCUT2D eigenvalue weighted by Crippen LogP contribution is 2.24. The van der Waals surface area contributed by atoms with Crippen molar-refractivity contribution in [3.8, 4) is 0 Å². The molecule has 5 heteroatoms. The fourth-order valence-electron chi connectivity index (χ4n) is 1.26. The maximum Gasteiger partial charge on any atom is 0.230 e. The van der Waals surface area contributed by atoms with Crippen LogP contribution < -0.4 is 11.1 Å². The number of aryl methyl sites for hydroxylation is 1. The first kappa shape index (κ1) is 13.9. The third-order valence-corrected chi connectivity index (χ3v) is 3.36. The molecule has 0 bridgehead atoms. The summed E-state index contributed by atoms with van der Waals surface area (Å²) in [6.45, 7) is 3.09. The SMILES string of the molecule is COCCNC(=O)CSc1cc(N)ccc1C. The van der Waals surface area contributed by atoms with E-state index in [4.69, 9.17) is 10.5 Å². The van der Waals surface area contributed by atoms with Crippen LogP contribution in [0.15, 0.2) is 23.1 Å². The number of nitrogens with one attached hydrogen (secondary N) is 1. The second-order valence-corrected chi connectivity index (χ2v) is 4.67. The molecule has 0 aliphatic carbocycles. The van der Waals surface area contributed by atoms with Crippen molar-refractivity contribution in [2.75, 3.05) is 31.7 Å². The Morgan fingerprint density at radius 2 is 2.29 bits per heavy atom. The van der Waals surface area contributed by atoms with Gasteiger partial charge in [0.25, 0.3) is 0 Å². The van der Waals surface area contributed by atoms with E-state index in [0.29, 0.717) is 18.9 Å². The first-order chi connectivity index (χ1) is 8.13. The van der Waals surface area contributed by atoms with Gasteiger partial charge in [-0.15, -0.1) is 11.8 Å². The second kappa shape index (κ2) is 7.19. The van der Waals surface area contributed by atoms with Crippen LogP contribution in [0.4, 0.5) is 5.69 Å². The summed E-state index contributed by atoms with van der Waals surface area (Å²) < 4.78 is 4.85. The maximum atomic E-state index is 11.5. The molecule has 0 spiro atoms. The minimum absolute atomic E-state index is 0.00822. The molecule has 1 aromatic rings. The Hall–Kier alpha value is -1.20. The highest BCUT2D eigenvalue weighted by atomic mass is 32.2. The monoisotopic (exact) mass is 254 g/mol. The minimum atomic E-state index is 0.00822. The van der Waals surface area contributed by atoms with Crippen molar-refractivity contribution in [3.63, 3.8) is 0 Å². The number of carbonyl (C=O) groups is 1. The molecule has 0 aliphatic heterocycles. The van der Waals surface area contributed by atoms with Gasteiger partial charge in [-0.3, -0.25) is 4.79 Å². The maximum absolute atomic E-state index is 11.5. The second-order valence-electron chi connectivity index (χ2n) is 3.66. The Bertz CT molecular complexity index is 383. The van der Waals surface area contributed by atoms with Crippen LogP contribution in [0.2, 0.25) is 0 Å². The first-order valence-corrected chi connectivity index (χ1v) is 6.36. The number of methoxy groups -OCH3 is 1. The number of hydrogen-bond acceptors (Lipinski definition) is 4. The number of nitrogens with two attached hydrogens (primary N) is 1. The van der Waals surface area contributed by atoms with E-state index < -0.39 is 0 Å². The number of rotatable bonds is 6. The van der Waals surface area contributed by atoms with Crippen LogP contribution in [0.25, 0.3) is 0 Å². The summed E-state index contributed by atoms with van der Waals surface area (Å²) in [4.78, 5) is 12.5. The number of benzene rings is 1. The Labute approximate surface area is 106 Å². The minimum Gasteiger partial charge on any atom is -0.399 e. The Morgan fingerprint density at radius 3 is 3.00 bits per heavy atom. The summed E-state index contributed by atoms with van der Waals surface area (Å²) >= 11 is 1.49. The lowest BCUT2D eigenvalue weighted by molar-refractivity contribution is -0.118. The summed E-state index contributed by atoms with van der Waals surface area (Å²) in [6, 6.07) is 5.71. The fourth-order valence-corrected chi connectivity index (χ4v) is 2.16. The molecule has 1 rings (SSSR count). The average molecular weight is 254 g/mol. The molecule has 1 amide bonds. The van der Waals surface area contributed by atoms with Crippen LogP contribution in [0.3, 0.4) is 0 Å². The molecule has 0 atom stereocenters. The van der Waals surface area contributed by atoms with Crippen LogP contribution in [0, 0.1) is 6.92 Å². The number of nitrogen functional groups attached to an aromatic ring is 1. The third kappa shape index (κ3) is 5.10. The number of thioether (sulfide) groups is 1. The molecule has 0 fully saturated rings. The zero-order valence-electron chi connectivity index (χ0n) is 10.2. The molecule has 0 aromatic heterocycles. The van der Waals surface area contributed by atoms with Gasteiger partial charge in [0, 0.05) is 24.2 Å². The van der Waals surface area contributed by atoms with Crippen molar-refractivity contribution in [1.29, 1.82) is 0 Å². The standard InChI is InChI=1S/C12H18N2O2S/c1-9-3-4-10(13)7-11(9)17-8-12(15)14-5-6-16-2/h3-4,7H,5-6,8,13H2,1-2H3,(H,14,15). The van der Waals surface area contributed by atoms with Gasteiger partial charge in [-0.05, 0) is 24.6 Å². The smallest absolute Gasteiger partial charge is 0.230 e. The third-order valence-electron chi connectivity index (χ3n) is 2.20. The van der Waals surface area contributed by atoms with Gasteiger partial charge in [0.1, 0.15) is 0 Å². The molecule has 1 aromatic carbocycles. The van der Waals surface area contributed by atoms with Crippen molar-refractivity contribution < 1.29 is 9.53 Å².